The van der Waals surface area contributed by atoms with Crippen molar-refractivity contribution in [1.29, 1.82) is 0 Å². The summed E-state index contributed by atoms with van der Waals surface area (Å²) < 4.78 is 5.25. The van der Waals surface area contributed by atoms with E-state index in [9.17, 15) is 9.59 Å². The summed E-state index contributed by atoms with van der Waals surface area (Å²) in [5, 5.41) is 11.7. The molecule has 0 bridgehead atoms. The molecule has 0 aliphatic carbocycles. The first-order valence-electron chi connectivity index (χ1n) is 7.34. The van der Waals surface area contributed by atoms with E-state index in [0.717, 1.165) is 11.1 Å². The molecule has 0 fully saturated rings. The molecule has 120 valence electrons. The number of benzene rings is 2. The van der Waals surface area contributed by atoms with E-state index in [-0.39, 0.29) is 11.7 Å². The van der Waals surface area contributed by atoms with Crippen LogP contribution in [-0.4, -0.2) is 17.0 Å². The molecule has 0 aliphatic heterocycles. The SMILES string of the molecule is Cc1ccc(C(=O)Nc2ccc(-c3ccc(C(=O)O)o3)cc2)cc1. The number of aryl methyl sites for hydroxylation is 1. The van der Waals surface area contributed by atoms with Crippen LogP contribution in [0.1, 0.15) is 26.5 Å². The van der Waals surface area contributed by atoms with Gasteiger partial charge < -0.3 is 14.8 Å². The fourth-order valence-corrected chi connectivity index (χ4v) is 2.23. The molecular weight excluding hydrogens is 306 g/mol. The van der Waals surface area contributed by atoms with Crippen LogP contribution in [0.5, 0.6) is 0 Å². The van der Waals surface area contributed by atoms with Gasteiger partial charge in [-0.15, -0.1) is 0 Å². The highest BCUT2D eigenvalue weighted by atomic mass is 16.4. The molecule has 5 nitrogen and oxygen atoms in total. The van der Waals surface area contributed by atoms with Gasteiger partial charge in [0.15, 0.2) is 0 Å². The lowest BCUT2D eigenvalue weighted by Crippen LogP contribution is -2.11. The molecule has 3 aromatic rings. The smallest absolute Gasteiger partial charge is 0.371 e. The number of hydrogen-bond acceptors (Lipinski definition) is 3. The second-order valence-corrected chi connectivity index (χ2v) is 5.37. The normalized spacial score (nSPS) is 10.4. The summed E-state index contributed by atoms with van der Waals surface area (Å²) in [6.45, 7) is 1.96. The fourth-order valence-electron chi connectivity index (χ4n) is 2.23. The first kappa shape index (κ1) is 15.6. The van der Waals surface area contributed by atoms with Crippen molar-refractivity contribution in [1.82, 2.24) is 0 Å². The van der Waals surface area contributed by atoms with Gasteiger partial charge in [0.2, 0.25) is 5.76 Å². The van der Waals surface area contributed by atoms with Crippen molar-refractivity contribution in [2.24, 2.45) is 0 Å². The Morgan fingerprint density at radius 3 is 2.17 bits per heavy atom. The van der Waals surface area contributed by atoms with Gasteiger partial charge in [-0.05, 0) is 55.5 Å². The summed E-state index contributed by atoms with van der Waals surface area (Å²) in [5.74, 6) is -0.942. The minimum atomic E-state index is -1.11. The Labute approximate surface area is 138 Å². The maximum Gasteiger partial charge on any atom is 0.371 e. The van der Waals surface area contributed by atoms with E-state index in [1.54, 1.807) is 42.5 Å². The monoisotopic (exact) mass is 321 g/mol. The van der Waals surface area contributed by atoms with Gasteiger partial charge in [0.1, 0.15) is 5.76 Å². The van der Waals surface area contributed by atoms with Crippen LogP contribution in [0, 0.1) is 6.92 Å². The zero-order valence-electron chi connectivity index (χ0n) is 12.9. The minimum absolute atomic E-state index is 0.109. The van der Waals surface area contributed by atoms with Crippen molar-refractivity contribution in [3.05, 3.63) is 77.6 Å². The number of hydrogen-bond donors (Lipinski definition) is 2. The Balaban J connectivity index is 1.73. The van der Waals surface area contributed by atoms with Crippen LogP contribution in [0.3, 0.4) is 0 Å². The van der Waals surface area contributed by atoms with Crippen LogP contribution >= 0.6 is 0 Å². The van der Waals surface area contributed by atoms with E-state index in [2.05, 4.69) is 5.32 Å². The topological polar surface area (TPSA) is 79.5 Å². The van der Waals surface area contributed by atoms with Gasteiger partial charge in [-0.2, -0.15) is 0 Å². The molecule has 5 heteroatoms. The molecule has 0 aliphatic rings. The van der Waals surface area contributed by atoms with Gasteiger partial charge in [0, 0.05) is 16.8 Å². The van der Waals surface area contributed by atoms with E-state index in [0.29, 0.717) is 17.0 Å². The maximum atomic E-state index is 12.2. The first-order chi connectivity index (χ1) is 11.5. The van der Waals surface area contributed by atoms with Crippen molar-refractivity contribution in [3.8, 4) is 11.3 Å². The molecule has 0 saturated carbocycles. The lowest BCUT2D eigenvalue weighted by Gasteiger charge is -2.06. The molecule has 1 amide bonds. The van der Waals surface area contributed by atoms with Crippen LogP contribution in [0.2, 0.25) is 0 Å². The quantitative estimate of drug-likeness (QED) is 0.754. The standard InChI is InChI=1S/C19H15NO4/c1-12-2-4-14(5-3-12)18(21)20-15-8-6-13(7-9-15)16-10-11-17(24-16)19(22)23/h2-11H,1H3,(H,20,21)(H,22,23). The molecule has 0 radical (unpaired) electrons. The summed E-state index contributed by atoms with van der Waals surface area (Å²) in [6, 6.07) is 17.3. The highest BCUT2D eigenvalue weighted by Crippen LogP contribution is 2.24. The zero-order valence-corrected chi connectivity index (χ0v) is 12.9. The predicted molar refractivity (Wildman–Crippen MR) is 90.2 cm³/mol. The third kappa shape index (κ3) is 3.35. The van der Waals surface area contributed by atoms with Gasteiger partial charge >= 0.3 is 5.97 Å². The second-order valence-electron chi connectivity index (χ2n) is 5.37. The average Bonchev–Trinajstić information content (AvgIpc) is 3.06. The summed E-state index contributed by atoms with van der Waals surface area (Å²) in [6.07, 6.45) is 0. The Morgan fingerprint density at radius 1 is 0.917 bits per heavy atom. The molecule has 1 aromatic heterocycles. The number of furan rings is 1. The van der Waals surface area contributed by atoms with Crippen LogP contribution < -0.4 is 5.32 Å². The third-order valence-corrected chi connectivity index (χ3v) is 3.56. The number of carbonyl (C=O) groups is 2. The Hall–Kier alpha value is -3.34. The van der Waals surface area contributed by atoms with Gasteiger partial charge in [-0.3, -0.25) is 4.79 Å². The number of nitrogens with one attached hydrogen (secondary N) is 1. The Morgan fingerprint density at radius 2 is 1.58 bits per heavy atom. The fraction of sp³-hybridized carbons (Fsp3) is 0.0526. The molecule has 3 rings (SSSR count). The van der Waals surface area contributed by atoms with Crippen LogP contribution in [0.15, 0.2) is 65.1 Å². The first-order valence-corrected chi connectivity index (χ1v) is 7.34. The maximum absolute atomic E-state index is 12.2. The Bertz CT molecular complexity index is 876. The number of rotatable bonds is 4. The van der Waals surface area contributed by atoms with Crippen molar-refractivity contribution < 1.29 is 19.1 Å². The summed E-state index contributed by atoms with van der Waals surface area (Å²) in [4.78, 5) is 23.0. The summed E-state index contributed by atoms with van der Waals surface area (Å²) in [5.41, 5.74) is 3.06. The summed E-state index contributed by atoms with van der Waals surface area (Å²) in [7, 11) is 0. The molecule has 2 N–H and O–H groups in total. The van der Waals surface area contributed by atoms with Crippen LogP contribution in [0.4, 0.5) is 5.69 Å². The molecule has 0 unspecified atom stereocenters. The molecule has 0 atom stereocenters. The number of carboxylic acid groups (broad SMARTS) is 1. The summed E-state index contributed by atoms with van der Waals surface area (Å²) >= 11 is 0. The average molecular weight is 321 g/mol. The molecule has 0 saturated heterocycles. The largest absolute Gasteiger partial charge is 0.475 e. The van der Waals surface area contributed by atoms with Gasteiger partial charge in [0.05, 0.1) is 0 Å². The van der Waals surface area contributed by atoms with Crippen LogP contribution in [-0.2, 0) is 0 Å². The van der Waals surface area contributed by atoms with E-state index in [1.165, 1.54) is 6.07 Å². The van der Waals surface area contributed by atoms with Crippen molar-refractivity contribution in [2.75, 3.05) is 5.32 Å². The number of aromatic carboxylic acids is 1. The minimum Gasteiger partial charge on any atom is -0.475 e. The molecule has 24 heavy (non-hydrogen) atoms. The second kappa shape index (κ2) is 6.42. The van der Waals surface area contributed by atoms with E-state index < -0.39 is 5.97 Å². The highest BCUT2D eigenvalue weighted by molar-refractivity contribution is 6.04. The molecular formula is C19H15NO4. The third-order valence-electron chi connectivity index (χ3n) is 3.56. The number of carbonyl (C=O) groups excluding carboxylic acids is 1. The van der Waals surface area contributed by atoms with E-state index in [4.69, 9.17) is 9.52 Å². The number of carboxylic acids is 1. The van der Waals surface area contributed by atoms with Crippen molar-refractivity contribution in [3.63, 3.8) is 0 Å². The number of anilines is 1. The van der Waals surface area contributed by atoms with Crippen molar-refractivity contribution in [2.45, 2.75) is 6.92 Å². The molecule has 2 aromatic carbocycles. The lowest BCUT2D eigenvalue weighted by atomic mass is 10.1. The van der Waals surface area contributed by atoms with E-state index >= 15 is 0 Å². The Kier molecular flexibility index (Phi) is 4.16. The van der Waals surface area contributed by atoms with Crippen LogP contribution in [0.25, 0.3) is 11.3 Å². The van der Waals surface area contributed by atoms with Crippen molar-refractivity contribution >= 4 is 17.6 Å². The molecule has 0 spiro atoms. The van der Waals surface area contributed by atoms with Gasteiger partial charge in [0.25, 0.3) is 5.91 Å². The zero-order chi connectivity index (χ0) is 17.1. The molecule has 1 heterocycles. The number of amides is 1. The highest BCUT2D eigenvalue weighted by Gasteiger charge is 2.11. The van der Waals surface area contributed by atoms with E-state index in [1.807, 2.05) is 19.1 Å². The lowest BCUT2D eigenvalue weighted by molar-refractivity contribution is 0.0663. The van der Waals surface area contributed by atoms with Gasteiger partial charge in [-0.25, -0.2) is 4.79 Å². The predicted octanol–water partition coefficient (Wildman–Crippen LogP) is 4.21. The van der Waals surface area contributed by atoms with Gasteiger partial charge in [-0.1, -0.05) is 17.7 Å².